The summed E-state index contributed by atoms with van der Waals surface area (Å²) in [5.41, 5.74) is 3.98. The van der Waals surface area contributed by atoms with E-state index in [1.807, 2.05) is 36.9 Å². The van der Waals surface area contributed by atoms with E-state index in [9.17, 15) is 4.79 Å². The first-order chi connectivity index (χ1) is 10.6. The van der Waals surface area contributed by atoms with Crippen molar-refractivity contribution in [2.45, 2.75) is 33.7 Å². The Morgan fingerprint density at radius 2 is 2.14 bits per heavy atom. The summed E-state index contributed by atoms with van der Waals surface area (Å²) in [6, 6.07) is 6.11. The van der Waals surface area contributed by atoms with E-state index in [0.29, 0.717) is 13.0 Å². The number of anilines is 1. The second-order valence-corrected chi connectivity index (χ2v) is 6.35. The molecule has 22 heavy (non-hydrogen) atoms. The maximum atomic E-state index is 12.1. The lowest BCUT2D eigenvalue weighted by atomic mass is 10.1. The number of benzene rings is 1. The van der Waals surface area contributed by atoms with Crippen molar-refractivity contribution in [2.75, 3.05) is 5.32 Å². The highest BCUT2D eigenvalue weighted by Crippen LogP contribution is 2.23. The first-order valence-electron chi connectivity index (χ1n) is 7.20. The molecule has 114 valence electrons. The van der Waals surface area contributed by atoms with Crippen LogP contribution in [0.15, 0.2) is 24.4 Å². The summed E-state index contributed by atoms with van der Waals surface area (Å²) in [7, 11) is 0. The van der Waals surface area contributed by atoms with Crippen LogP contribution in [-0.2, 0) is 11.3 Å². The summed E-state index contributed by atoms with van der Waals surface area (Å²) in [6.07, 6.45) is 2.25. The Labute approximate surface area is 133 Å². The van der Waals surface area contributed by atoms with E-state index < -0.39 is 0 Å². The minimum absolute atomic E-state index is 0.0114. The van der Waals surface area contributed by atoms with Gasteiger partial charge in [-0.1, -0.05) is 12.1 Å². The quantitative estimate of drug-likeness (QED) is 0.802. The predicted octanol–water partition coefficient (Wildman–Crippen LogP) is 3.45. The zero-order valence-electron chi connectivity index (χ0n) is 12.9. The highest BCUT2D eigenvalue weighted by molar-refractivity contribution is 7.06. The molecule has 0 spiro atoms. The number of rotatable bonds is 4. The van der Waals surface area contributed by atoms with E-state index in [2.05, 4.69) is 27.8 Å². The molecule has 2 heterocycles. The maximum Gasteiger partial charge on any atom is 0.226 e. The molecule has 0 fully saturated rings. The molecule has 3 rings (SSSR count). The Morgan fingerprint density at radius 3 is 2.86 bits per heavy atom. The van der Waals surface area contributed by atoms with E-state index in [1.165, 1.54) is 17.1 Å². The average molecular weight is 314 g/mol. The van der Waals surface area contributed by atoms with Gasteiger partial charge in [0.2, 0.25) is 5.91 Å². The van der Waals surface area contributed by atoms with E-state index in [4.69, 9.17) is 0 Å². The van der Waals surface area contributed by atoms with Gasteiger partial charge in [-0.3, -0.25) is 9.48 Å². The predicted molar refractivity (Wildman–Crippen MR) is 89.3 cm³/mol. The second kappa shape index (κ2) is 5.88. The summed E-state index contributed by atoms with van der Waals surface area (Å²) < 4.78 is 6.12. The highest BCUT2D eigenvalue weighted by Gasteiger charge is 2.11. The fourth-order valence-electron chi connectivity index (χ4n) is 2.50. The van der Waals surface area contributed by atoms with Gasteiger partial charge in [0.1, 0.15) is 0 Å². The molecular formula is C16H18N4OS. The van der Waals surface area contributed by atoms with Crippen molar-refractivity contribution in [3.63, 3.8) is 0 Å². The molecule has 6 heteroatoms. The molecule has 1 aromatic carbocycles. The molecule has 5 nitrogen and oxygen atoms in total. The number of amides is 1. The molecule has 0 unspecified atom stereocenters. The van der Waals surface area contributed by atoms with Gasteiger partial charge in [-0.15, -0.1) is 0 Å². The summed E-state index contributed by atoms with van der Waals surface area (Å²) in [5.74, 6) is -0.0114. The van der Waals surface area contributed by atoms with Gasteiger partial charge in [0.05, 0.1) is 29.6 Å². The van der Waals surface area contributed by atoms with Gasteiger partial charge in [0.15, 0.2) is 0 Å². The van der Waals surface area contributed by atoms with Crippen LogP contribution < -0.4 is 5.32 Å². The summed E-state index contributed by atoms with van der Waals surface area (Å²) in [5, 5.41) is 8.47. The van der Waals surface area contributed by atoms with Crippen molar-refractivity contribution in [1.82, 2.24) is 14.2 Å². The van der Waals surface area contributed by atoms with Crippen LogP contribution in [0.5, 0.6) is 0 Å². The fourth-order valence-corrected chi connectivity index (χ4v) is 3.15. The Hall–Kier alpha value is -2.21. The SMILES string of the molecule is Cc1nsc(C)c1NC(=O)CCn1ncc2c(C)cccc21. The van der Waals surface area contributed by atoms with E-state index in [1.54, 1.807) is 0 Å². The van der Waals surface area contributed by atoms with E-state index in [-0.39, 0.29) is 5.91 Å². The van der Waals surface area contributed by atoms with Crippen molar-refractivity contribution in [3.05, 3.63) is 40.5 Å². The van der Waals surface area contributed by atoms with Crippen LogP contribution in [0.3, 0.4) is 0 Å². The molecule has 2 aromatic heterocycles. The van der Waals surface area contributed by atoms with Crippen molar-refractivity contribution in [2.24, 2.45) is 0 Å². The second-order valence-electron chi connectivity index (χ2n) is 5.37. The summed E-state index contributed by atoms with van der Waals surface area (Å²) in [4.78, 5) is 13.2. The van der Waals surface area contributed by atoms with Gasteiger partial charge in [-0.25, -0.2) is 0 Å². The number of fused-ring (bicyclic) bond motifs is 1. The maximum absolute atomic E-state index is 12.1. The zero-order valence-corrected chi connectivity index (χ0v) is 13.7. The lowest BCUT2D eigenvalue weighted by Gasteiger charge is -2.06. The van der Waals surface area contributed by atoms with E-state index in [0.717, 1.165) is 27.2 Å². The number of aromatic nitrogens is 3. The average Bonchev–Trinajstić information content (AvgIpc) is 3.04. The molecule has 0 saturated heterocycles. The van der Waals surface area contributed by atoms with Crippen molar-refractivity contribution >= 4 is 34.0 Å². The van der Waals surface area contributed by atoms with Crippen LogP contribution in [-0.4, -0.2) is 20.1 Å². The monoisotopic (exact) mass is 314 g/mol. The molecule has 0 saturated carbocycles. The lowest BCUT2D eigenvalue weighted by Crippen LogP contribution is -2.15. The minimum Gasteiger partial charge on any atom is -0.323 e. The minimum atomic E-state index is -0.0114. The molecule has 0 bridgehead atoms. The molecule has 1 amide bonds. The molecule has 0 aliphatic carbocycles. The third-order valence-corrected chi connectivity index (χ3v) is 4.60. The van der Waals surface area contributed by atoms with Crippen molar-refractivity contribution in [3.8, 4) is 0 Å². The zero-order chi connectivity index (χ0) is 15.7. The Balaban J connectivity index is 1.69. The smallest absolute Gasteiger partial charge is 0.226 e. The Morgan fingerprint density at radius 1 is 1.32 bits per heavy atom. The number of nitrogens with one attached hydrogen (secondary N) is 1. The van der Waals surface area contributed by atoms with Gasteiger partial charge >= 0.3 is 0 Å². The van der Waals surface area contributed by atoms with Gasteiger partial charge in [-0.2, -0.15) is 9.47 Å². The topological polar surface area (TPSA) is 59.8 Å². The molecule has 0 atom stereocenters. The third-order valence-electron chi connectivity index (χ3n) is 3.75. The number of hydrogen-bond donors (Lipinski definition) is 1. The normalized spacial score (nSPS) is 11.0. The summed E-state index contributed by atoms with van der Waals surface area (Å²) >= 11 is 1.41. The van der Waals surface area contributed by atoms with Gasteiger partial charge in [-0.05, 0) is 43.9 Å². The lowest BCUT2D eigenvalue weighted by molar-refractivity contribution is -0.116. The van der Waals surface area contributed by atoms with Crippen LogP contribution in [0.1, 0.15) is 22.6 Å². The third kappa shape index (κ3) is 2.74. The van der Waals surface area contributed by atoms with Crippen LogP contribution >= 0.6 is 11.5 Å². The molecule has 0 radical (unpaired) electrons. The largest absolute Gasteiger partial charge is 0.323 e. The first kappa shape index (κ1) is 14.7. The van der Waals surface area contributed by atoms with Crippen LogP contribution in [0.4, 0.5) is 5.69 Å². The van der Waals surface area contributed by atoms with Gasteiger partial charge < -0.3 is 5.32 Å². The Kier molecular flexibility index (Phi) is 3.94. The van der Waals surface area contributed by atoms with Crippen LogP contribution in [0, 0.1) is 20.8 Å². The standard InChI is InChI=1S/C16H18N4OS/c1-10-5-4-6-14-13(10)9-17-20(14)8-7-15(21)18-16-11(2)19-22-12(16)3/h4-6,9H,7-8H2,1-3H3,(H,18,21). The van der Waals surface area contributed by atoms with Crippen molar-refractivity contribution < 1.29 is 4.79 Å². The first-order valence-corrected chi connectivity index (χ1v) is 7.97. The Bertz CT molecular complexity index is 814. The molecule has 3 aromatic rings. The molecule has 0 aliphatic heterocycles. The van der Waals surface area contributed by atoms with Crippen LogP contribution in [0.25, 0.3) is 10.9 Å². The van der Waals surface area contributed by atoms with Crippen molar-refractivity contribution in [1.29, 1.82) is 0 Å². The molecular weight excluding hydrogens is 296 g/mol. The van der Waals surface area contributed by atoms with Gasteiger partial charge in [0.25, 0.3) is 0 Å². The van der Waals surface area contributed by atoms with E-state index >= 15 is 0 Å². The van der Waals surface area contributed by atoms with Gasteiger partial charge in [0, 0.05) is 16.7 Å². The molecule has 0 aliphatic rings. The molecule has 1 N–H and O–H groups in total. The number of hydrogen-bond acceptors (Lipinski definition) is 4. The summed E-state index contributed by atoms with van der Waals surface area (Å²) in [6.45, 7) is 6.50. The number of carbonyl (C=O) groups is 1. The fraction of sp³-hybridized carbons (Fsp3) is 0.312. The number of nitrogens with zero attached hydrogens (tertiary/aromatic N) is 3. The number of aryl methyl sites for hydroxylation is 4. The van der Waals surface area contributed by atoms with Crippen LogP contribution in [0.2, 0.25) is 0 Å². The number of carbonyl (C=O) groups excluding carboxylic acids is 1. The highest BCUT2D eigenvalue weighted by atomic mass is 32.1.